The third kappa shape index (κ3) is 3.50. The minimum atomic E-state index is -1.10. The van der Waals surface area contributed by atoms with Crippen LogP contribution >= 0.6 is 0 Å². The van der Waals surface area contributed by atoms with E-state index in [1.54, 1.807) is 24.3 Å². The molecule has 0 aromatic heterocycles. The Bertz CT molecular complexity index is 665. The van der Waals surface area contributed by atoms with E-state index >= 15 is 0 Å². The van der Waals surface area contributed by atoms with Crippen LogP contribution in [0.2, 0.25) is 0 Å². The van der Waals surface area contributed by atoms with Gasteiger partial charge >= 0.3 is 0 Å². The van der Waals surface area contributed by atoms with Gasteiger partial charge in [-0.3, -0.25) is 0 Å². The van der Waals surface area contributed by atoms with Crippen molar-refractivity contribution in [2.45, 2.75) is 18.1 Å². The third-order valence-corrected chi connectivity index (χ3v) is 4.09. The van der Waals surface area contributed by atoms with Crippen molar-refractivity contribution in [3.63, 3.8) is 0 Å². The maximum absolute atomic E-state index is 13.0. The SMILES string of the molecule is [O]C(c1ccccc1)C(c1ccccc1)C([O])c1ccccc1. The minimum Gasteiger partial charge on any atom is -0.227 e. The van der Waals surface area contributed by atoms with Gasteiger partial charge in [-0.2, -0.15) is 0 Å². The van der Waals surface area contributed by atoms with Crippen molar-refractivity contribution in [3.8, 4) is 0 Å². The summed E-state index contributed by atoms with van der Waals surface area (Å²) in [6, 6.07) is 27.7. The Morgan fingerprint density at radius 1 is 0.435 bits per heavy atom. The zero-order valence-electron chi connectivity index (χ0n) is 12.7. The molecule has 3 rings (SSSR count). The summed E-state index contributed by atoms with van der Waals surface area (Å²) >= 11 is 0. The van der Waals surface area contributed by atoms with E-state index < -0.39 is 18.1 Å². The van der Waals surface area contributed by atoms with Crippen LogP contribution in [0.1, 0.15) is 34.8 Å². The molecule has 0 aliphatic heterocycles. The second kappa shape index (κ2) is 7.23. The molecule has 0 aliphatic carbocycles. The molecular formula is C21H18O2. The molecule has 3 aromatic carbocycles. The van der Waals surface area contributed by atoms with Crippen molar-refractivity contribution >= 4 is 0 Å². The first-order chi connectivity index (χ1) is 11.3. The van der Waals surface area contributed by atoms with Gasteiger partial charge in [0.25, 0.3) is 0 Å². The van der Waals surface area contributed by atoms with Crippen LogP contribution in [0.25, 0.3) is 0 Å². The van der Waals surface area contributed by atoms with Gasteiger partial charge in [0.15, 0.2) is 0 Å². The Labute approximate surface area is 136 Å². The Kier molecular flexibility index (Phi) is 4.86. The lowest BCUT2D eigenvalue weighted by Gasteiger charge is -2.26. The second-order valence-electron chi connectivity index (χ2n) is 5.60. The average molecular weight is 302 g/mol. The zero-order chi connectivity index (χ0) is 16.1. The van der Waals surface area contributed by atoms with Gasteiger partial charge in [-0.05, 0) is 16.7 Å². The van der Waals surface area contributed by atoms with E-state index in [1.165, 1.54) is 0 Å². The lowest BCUT2D eigenvalue weighted by atomic mass is 9.82. The molecule has 0 amide bonds. The van der Waals surface area contributed by atoms with Crippen LogP contribution in [0.15, 0.2) is 91.0 Å². The van der Waals surface area contributed by atoms with Gasteiger partial charge in [0.1, 0.15) is 12.2 Å². The quantitative estimate of drug-likeness (QED) is 0.628. The first-order valence-corrected chi connectivity index (χ1v) is 7.74. The fraction of sp³-hybridized carbons (Fsp3) is 0.143. The lowest BCUT2D eigenvalue weighted by Crippen LogP contribution is -2.17. The Morgan fingerprint density at radius 3 is 1.09 bits per heavy atom. The van der Waals surface area contributed by atoms with Gasteiger partial charge in [-0.25, -0.2) is 10.2 Å². The summed E-state index contributed by atoms with van der Waals surface area (Å²) in [5, 5.41) is 26.1. The number of benzene rings is 3. The average Bonchev–Trinajstić information content (AvgIpc) is 2.64. The molecule has 3 aromatic rings. The normalized spacial score (nSPS) is 14.9. The first-order valence-electron chi connectivity index (χ1n) is 7.74. The molecule has 0 spiro atoms. The van der Waals surface area contributed by atoms with Crippen LogP contribution in [-0.4, -0.2) is 0 Å². The maximum Gasteiger partial charge on any atom is 0.128 e. The highest BCUT2D eigenvalue weighted by atomic mass is 16.3. The molecule has 114 valence electrons. The number of hydrogen-bond acceptors (Lipinski definition) is 0. The molecule has 2 atom stereocenters. The van der Waals surface area contributed by atoms with Crippen molar-refractivity contribution in [1.82, 2.24) is 0 Å². The molecule has 23 heavy (non-hydrogen) atoms. The summed E-state index contributed by atoms with van der Waals surface area (Å²) in [7, 11) is 0. The number of hydrogen-bond donors (Lipinski definition) is 0. The topological polar surface area (TPSA) is 39.8 Å². The van der Waals surface area contributed by atoms with E-state index in [1.807, 2.05) is 66.7 Å². The van der Waals surface area contributed by atoms with Gasteiger partial charge in [0, 0.05) is 0 Å². The van der Waals surface area contributed by atoms with E-state index in [0.717, 1.165) is 5.56 Å². The van der Waals surface area contributed by atoms with E-state index in [2.05, 4.69) is 0 Å². The summed E-state index contributed by atoms with van der Waals surface area (Å²) in [5.41, 5.74) is 2.09. The van der Waals surface area contributed by atoms with E-state index in [9.17, 15) is 10.2 Å². The van der Waals surface area contributed by atoms with Gasteiger partial charge in [-0.1, -0.05) is 91.0 Å². The van der Waals surface area contributed by atoms with Crippen molar-refractivity contribution < 1.29 is 10.2 Å². The highest BCUT2D eigenvalue weighted by Crippen LogP contribution is 2.41. The molecule has 2 radical (unpaired) electrons. The van der Waals surface area contributed by atoms with Crippen LogP contribution in [0, 0.1) is 0 Å². The van der Waals surface area contributed by atoms with Gasteiger partial charge in [0.05, 0.1) is 5.92 Å². The Hall–Kier alpha value is -2.42. The predicted octanol–water partition coefficient (Wildman–Crippen LogP) is 5.11. The molecule has 0 bridgehead atoms. The van der Waals surface area contributed by atoms with Crippen LogP contribution < -0.4 is 0 Å². The Morgan fingerprint density at radius 2 is 0.739 bits per heavy atom. The van der Waals surface area contributed by atoms with Gasteiger partial charge in [-0.15, -0.1) is 0 Å². The molecule has 0 heterocycles. The molecule has 0 saturated carbocycles. The van der Waals surface area contributed by atoms with Crippen LogP contribution in [-0.2, 0) is 10.2 Å². The molecule has 0 N–H and O–H groups in total. The highest BCUT2D eigenvalue weighted by Gasteiger charge is 2.33. The molecular weight excluding hydrogens is 284 g/mol. The summed E-state index contributed by atoms with van der Waals surface area (Å²) < 4.78 is 0. The fourth-order valence-corrected chi connectivity index (χ4v) is 2.88. The molecule has 0 aliphatic rings. The van der Waals surface area contributed by atoms with Crippen LogP contribution in [0.5, 0.6) is 0 Å². The highest BCUT2D eigenvalue weighted by molar-refractivity contribution is 5.31. The molecule has 0 saturated heterocycles. The molecule has 2 heteroatoms. The summed E-state index contributed by atoms with van der Waals surface area (Å²) in [6.07, 6.45) is -2.19. The smallest absolute Gasteiger partial charge is 0.128 e. The fourth-order valence-electron chi connectivity index (χ4n) is 2.88. The molecule has 2 unspecified atom stereocenters. The van der Waals surface area contributed by atoms with Crippen LogP contribution in [0.4, 0.5) is 0 Å². The summed E-state index contributed by atoms with van der Waals surface area (Å²) in [5.74, 6) is -0.652. The zero-order valence-corrected chi connectivity index (χ0v) is 12.7. The van der Waals surface area contributed by atoms with Crippen molar-refractivity contribution in [2.24, 2.45) is 0 Å². The first kappa shape index (κ1) is 15.5. The number of rotatable bonds is 5. The second-order valence-corrected chi connectivity index (χ2v) is 5.60. The molecule has 0 fully saturated rings. The summed E-state index contributed by atoms with van der Waals surface area (Å²) in [6.45, 7) is 0. The molecule has 2 nitrogen and oxygen atoms in total. The standard InChI is InChI=1S/C21H18O2/c22-20(17-12-6-2-7-13-17)19(16-10-4-1-5-11-16)21(23)18-14-8-3-9-15-18/h1-15,19-21H. The van der Waals surface area contributed by atoms with Crippen LogP contribution in [0.3, 0.4) is 0 Å². The third-order valence-electron chi connectivity index (χ3n) is 4.09. The minimum absolute atomic E-state index is 0.651. The van der Waals surface area contributed by atoms with Gasteiger partial charge < -0.3 is 0 Å². The largest absolute Gasteiger partial charge is 0.227 e. The van der Waals surface area contributed by atoms with Crippen molar-refractivity contribution in [1.29, 1.82) is 0 Å². The Balaban J connectivity index is 2.01. The van der Waals surface area contributed by atoms with Gasteiger partial charge in [0.2, 0.25) is 0 Å². The van der Waals surface area contributed by atoms with E-state index in [4.69, 9.17) is 0 Å². The maximum atomic E-state index is 13.0. The van der Waals surface area contributed by atoms with Crippen molar-refractivity contribution in [2.75, 3.05) is 0 Å². The van der Waals surface area contributed by atoms with E-state index in [-0.39, 0.29) is 0 Å². The predicted molar refractivity (Wildman–Crippen MR) is 88.9 cm³/mol. The van der Waals surface area contributed by atoms with E-state index in [0.29, 0.717) is 11.1 Å². The summed E-state index contributed by atoms with van der Waals surface area (Å²) in [4.78, 5) is 0. The lowest BCUT2D eigenvalue weighted by molar-refractivity contribution is -0.0225. The monoisotopic (exact) mass is 302 g/mol. The van der Waals surface area contributed by atoms with Crippen molar-refractivity contribution in [3.05, 3.63) is 108 Å².